The van der Waals surface area contributed by atoms with Gasteiger partial charge in [-0.25, -0.2) is 9.78 Å². The van der Waals surface area contributed by atoms with Gasteiger partial charge in [0, 0.05) is 24.1 Å². The monoisotopic (exact) mass is 326 g/mol. The lowest BCUT2D eigenvalue weighted by molar-refractivity contribution is 0.248. The predicted molar refractivity (Wildman–Crippen MR) is 89.9 cm³/mol. The smallest absolute Gasteiger partial charge is 0.324 e. The molecule has 1 aromatic carbocycles. The van der Waals surface area contributed by atoms with Crippen molar-refractivity contribution >= 4 is 17.5 Å². The van der Waals surface area contributed by atoms with Gasteiger partial charge in [-0.3, -0.25) is 10.4 Å². The number of amides is 2. The number of urea groups is 1. The lowest BCUT2D eigenvalue weighted by Gasteiger charge is -2.18. The fourth-order valence-corrected chi connectivity index (χ4v) is 2.47. The maximum absolute atomic E-state index is 11.9. The number of nitrogens with one attached hydrogen (secondary N) is 3. The van der Waals surface area contributed by atoms with Crippen LogP contribution in [0.2, 0.25) is 0 Å². The maximum Gasteiger partial charge on any atom is 0.324 e. The Morgan fingerprint density at radius 3 is 2.62 bits per heavy atom. The Kier molecular flexibility index (Phi) is 4.57. The molecular formula is C16H18N6O2. The number of rotatable bonds is 5. The zero-order chi connectivity index (χ0) is 16.9. The SMILES string of the molecule is Cc1nccn1[C@H](CO)c1ccc(NC(=O)Nc2ccn[nH]2)cc1. The van der Waals surface area contributed by atoms with Gasteiger partial charge < -0.3 is 15.0 Å². The van der Waals surface area contributed by atoms with Gasteiger partial charge in [0.25, 0.3) is 0 Å². The molecule has 0 bridgehead atoms. The molecule has 0 aliphatic heterocycles. The molecule has 8 heteroatoms. The summed E-state index contributed by atoms with van der Waals surface area (Å²) in [6, 6.07) is 8.39. The number of benzene rings is 1. The number of aromatic amines is 1. The van der Waals surface area contributed by atoms with Crippen LogP contribution in [0.3, 0.4) is 0 Å². The third-order valence-corrected chi connectivity index (χ3v) is 3.67. The molecule has 1 atom stereocenters. The number of anilines is 2. The van der Waals surface area contributed by atoms with Gasteiger partial charge in [0.1, 0.15) is 11.6 Å². The van der Waals surface area contributed by atoms with E-state index in [9.17, 15) is 9.90 Å². The number of nitrogens with zero attached hydrogens (tertiary/aromatic N) is 3. The Labute approximate surface area is 138 Å². The number of carbonyl (C=O) groups excluding carboxylic acids is 1. The molecule has 0 radical (unpaired) electrons. The predicted octanol–water partition coefficient (Wildman–Crippen LogP) is 2.14. The quantitative estimate of drug-likeness (QED) is 0.576. The summed E-state index contributed by atoms with van der Waals surface area (Å²) in [7, 11) is 0. The largest absolute Gasteiger partial charge is 0.394 e. The van der Waals surface area contributed by atoms with Crippen molar-refractivity contribution in [3.05, 3.63) is 60.3 Å². The number of aliphatic hydroxyl groups is 1. The van der Waals surface area contributed by atoms with E-state index in [1.807, 2.05) is 29.8 Å². The topological polar surface area (TPSA) is 108 Å². The molecule has 0 saturated carbocycles. The van der Waals surface area contributed by atoms with Crippen LogP contribution in [0.1, 0.15) is 17.4 Å². The average molecular weight is 326 g/mol. The highest BCUT2D eigenvalue weighted by molar-refractivity contribution is 5.99. The summed E-state index contributed by atoms with van der Waals surface area (Å²) in [6.45, 7) is 1.85. The number of H-pyrrole nitrogens is 1. The summed E-state index contributed by atoms with van der Waals surface area (Å²) in [5.41, 5.74) is 1.58. The normalized spacial score (nSPS) is 11.9. The lowest BCUT2D eigenvalue weighted by Crippen LogP contribution is -2.20. The van der Waals surface area contributed by atoms with E-state index in [1.165, 1.54) is 0 Å². The highest BCUT2D eigenvalue weighted by Gasteiger charge is 2.14. The molecule has 2 aromatic heterocycles. The molecule has 0 aliphatic carbocycles. The third-order valence-electron chi connectivity index (χ3n) is 3.67. The molecule has 2 amide bonds. The lowest BCUT2D eigenvalue weighted by atomic mass is 10.1. The Hall–Kier alpha value is -3.13. The second kappa shape index (κ2) is 6.97. The molecule has 0 aliphatic rings. The summed E-state index contributed by atoms with van der Waals surface area (Å²) in [5, 5.41) is 21.5. The first-order valence-corrected chi connectivity index (χ1v) is 7.45. The highest BCUT2D eigenvalue weighted by atomic mass is 16.3. The third kappa shape index (κ3) is 3.44. The van der Waals surface area contributed by atoms with Crippen LogP contribution in [0.4, 0.5) is 16.3 Å². The Balaban J connectivity index is 1.68. The molecule has 2 heterocycles. The van der Waals surface area contributed by atoms with E-state index in [4.69, 9.17) is 0 Å². The Morgan fingerprint density at radius 2 is 2.04 bits per heavy atom. The molecule has 0 saturated heterocycles. The first-order chi connectivity index (χ1) is 11.7. The van der Waals surface area contributed by atoms with Crippen molar-refractivity contribution in [3.8, 4) is 0 Å². The molecule has 124 valence electrons. The number of hydrogen-bond donors (Lipinski definition) is 4. The van der Waals surface area contributed by atoms with Gasteiger partial charge in [-0.2, -0.15) is 5.10 Å². The van der Waals surface area contributed by atoms with Gasteiger partial charge in [-0.15, -0.1) is 0 Å². The van der Waals surface area contributed by atoms with Crippen LogP contribution in [0.5, 0.6) is 0 Å². The molecule has 3 rings (SSSR count). The van der Waals surface area contributed by atoms with Crippen LogP contribution < -0.4 is 10.6 Å². The highest BCUT2D eigenvalue weighted by Crippen LogP contribution is 2.21. The van der Waals surface area contributed by atoms with E-state index < -0.39 is 0 Å². The summed E-state index contributed by atoms with van der Waals surface area (Å²) in [6.07, 6.45) is 5.09. The van der Waals surface area contributed by atoms with Gasteiger partial charge in [0.05, 0.1) is 18.8 Å². The van der Waals surface area contributed by atoms with Crippen molar-refractivity contribution in [1.29, 1.82) is 0 Å². The van der Waals surface area contributed by atoms with Gasteiger partial charge in [-0.1, -0.05) is 12.1 Å². The van der Waals surface area contributed by atoms with Crippen LogP contribution in [-0.4, -0.2) is 37.5 Å². The zero-order valence-corrected chi connectivity index (χ0v) is 13.1. The minimum absolute atomic E-state index is 0.0374. The number of hydrogen-bond acceptors (Lipinski definition) is 4. The molecule has 0 unspecified atom stereocenters. The van der Waals surface area contributed by atoms with E-state index in [0.29, 0.717) is 11.5 Å². The maximum atomic E-state index is 11.9. The minimum Gasteiger partial charge on any atom is -0.394 e. The fourth-order valence-electron chi connectivity index (χ4n) is 2.47. The van der Waals surface area contributed by atoms with Gasteiger partial charge >= 0.3 is 6.03 Å². The second-order valence-corrected chi connectivity index (χ2v) is 5.25. The molecular weight excluding hydrogens is 308 g/mol. The van der Waals surface area contributed by atoms with Crippen molar-refractivity contribution in [2.24, 2.45) is 0 Å². The van der Waals surface area contributed by atoms with Crippen LogP contribution in [-0.2, 0) is 0 Å². The summed E-state index contributed by atoms with van der Waals surface area (Å²) >= 11 is 0. The van der Waals surface area contributed by atoms with Crippen LogP contribution in [0, 0.1) is 6.92 Å². The molecule has 8 nitrogen and oxygen atoms in total. The number of imidazole rings is 1. The standard InChI is InChI=1S/C16H18N6O2/c1-11-17-8-9-22(11)14(10-23)12-2-4-13(5-3-12)19-16(24)20-15-6-7-18-21-15/h2-9,14,23H,10H2,1H3,(H3,18,19,20,21,24)/t14-/m1/s1. The number of aromatic nitrogens is 4. The second-order valence-electron chi connectivity index (χ2n) is 5.25. The molecule has 0 spiro atoms. The first kappa shape index (κ1) is 15.8. The van der Waals surface area contributed by atoms with Crippen LogP contribution >= 0.6 is 0 Å². The molecule has 3 aromatic rings. The van der Waals surface area contributed by atoms with Crippen molar-refractivity contribution in [2.75, 3.05) is 17.2 Å². The van der Waals surface area contributed by atoms with Gasteiger partial charge in [-0.05, 0) is 24.6 Å². The van der Waals surface area contributed by atoms with Crippen molar-refractivity contribution in [3.63, 3.8) is 0 Å². The van der Waals surface area contributed by atoms with Gasteiger partial charge in [0.15, 0.2) is 0 Å². The molecule has 0 fully saturated rings. The average Bonchev–Trinajstić information content (AvgIpc) is 3.22. The van der Waals surface area contributed by atoms with E-state index in [1.54, 1.807) is 30.6 Å². The van der Waals surface area contributed by atoms with Crippen molar-refractivity contribution in [2.45, 2.75) is 13.0 Å². The van der Waals surface area contributed by atoms with Crippen LogP contribution in [0.25, 0.3) is 0 Å². The zero-order valence-electron chi connectivity index (χ0n) is 13.1. The van der Waals surface area contributed by atoms with E-state index in [0.717, 1.165) is 11.4 Å². The summed E-state index contributed by atoms with van der Waals surface area (Å²) in [4.78, 5) is 16.0. The number of aryl methyl sites for hydroxylation is 1. The summed E-state index contributed by atoms with van der Waals surface area (Å²) in [5.74, 6) is 1.34. The number of carbonyl (C=O) groups is 1. The first-order valence-electron chi connectivity index (χ1n) is 7.45. The summed E-state index contributed by atoms with van der Waals surface area (Å²) < 4.78 is 1.91. The van der Waals surface area contributed by atoms with Gasteiger partial charge in [0.2, 0.25) is 0 Å². The minimum atomic E-state index is -0.365. The van der Waals surface area contributed by atoms with Crippen molar-refractivity contribution < 1.29 is 9.90 Å². The molecule has 24 heavy (non-hydrogen) atoms. The Morgan fingerprint density at radius 1 is 1.25 bits per heavy atom. The van der Waals surface area contributed by atoms with E-state index in [2.05, 4.69) is 25.8 Å². The van der Waals surface area contributed by atoms with Crippen LogP contribution in [0.15, 0.2) is 48.9 Å². The van der Waals surface area contributed by atoms with E-state index in [-0.39, 0.29) is 18.7 Å². The van der Waals surface area contributed by atoms with E-state index >= 15 is 0 Å². The number of aliphatic hydroxyl groups excluding tert-OH is 1. The van der Waals surface area contributed by atoms with Crippen molar-refractivity contribution in [1.82, 2.24) is 19.7 Å². The Bertz CT molecular complexity index is 794. The fraction of sp³-hybridized carbons (Fsp3) is 0.188. The molecule has 4 N–H and O–H groups in total.